The van der Waals surface area contributed by atoms with Gasteiger partial charge in [0.25, 0.3) is 0 Å². The lowest BCUT2D eigenvalue weighted by Crippen LogP contribution is -2.16. The second kappa shape index (κ2) is 5.79. The van der Waals surface area contributed by atoms with Crippen molar-refractivity contribution in [2.24, 2.45) is 7.05 Å². The minimum Gasteiger partial charge on any atom is -0.313 e. The normalized spacial score (nSPS) is 11.3. The lowest BCUT2D eigenvalue weighted by atomic mass is 10.1. The van der Waals surface area contributed by atoms with Crippen LogP contribution in [-0.4, -0.2) is 26.1 Å². The molecule has 110 valence electrons. The zero-order valence-corrected chi connectivity index (χ0v) is 13.4. The molecular weight excluding hydrogens is 250 g/mol. The Hall–Kier alpha value is -1.62. The monoisotopic (exact) mass is 275 g/mol. The van der Waals surface area contributed by atoms with Crippen LogP contribution in [0.3, 0.4) is 0 Å². The third kappa shape index (κ3) is 2.38. The third-order valence-electron chi connectivity index (χ3n) is 3.86. The van der Waals surface area contributed by atoms with Crippen molar-refractivity contribution < 1.29 is 0 Å². The lowest BCUT2D eigenvalue weighted by molar-refractivity contribution is 0.669. The fourth-order valence-corrected chi connectivity index (χ4v) is 2.80. The molecule has 0 unspecified atom stereocenters. The predicted octanol–water partition coefficient (Wildman–Crippen LogP) is 2.20. The summed E-state index contributed by atoms with van der Waals surface area (Å²) in [6.07, 6.45) is 1.01. The zero-order chi connectivity index (χ0) is 14.9. The number of nitrogens with one attached hydrogen (secondary N) is 1. The Morgan fingerprint density at radius 1 is 1.00 bits per heavy atom. The summed E-state index contributed by atoms with van der Waals surface area (Å²) in [6, 6.07) is 0. The first-order valence-electron chi connectivity index (χ1n) is 7.29. The van der Waals surface area contributed by atoms with Crippen molar-refractivity contribution in [2.45, 2.75) is 47.6 Å². The Morgan fingerprint density at radius 2 is 1.65 bits per heavy atom. The minimum absolute atomic E-state index is 0.825. The van der Waals surface area contributed by atoms with Crippen LogP contribution in [0.25, 0.3) is 5.82 Å². The van der Waals surface area contributed by atoms with Crippen molar-refractivity contribution in [3.05, 3.63) is 28.2 Å². The molecule has 2 aromatic rings. The Bertz CT molecular complexity index is 606. The van der Waals surface area contributed by atoms with E-state index in [4.69, 9.17) is 5.10 Å². The quantitative estimate of drug-likeness (QED) is 0.910. The van der Waals surface area contributed by atoms with Gasteiger partial charge >= 0.3 is 0 Å². The zero-order valence-electron chi connectivity index (χ0n) is 13.4. The van der Waals surface area contributed by atoms with Crippen LogP contribution in [0.2, 0.25) is 0 Å². The van der Waals surface area contributed by atoms with Gasteiger partial charge in [0.1, 0.15) is 0 Å². The largest absolute Gasteiger partial charge is 0.313 e. The number of hydrogen-bond acceptors (Lipinski definition) is 3. The highest BCUT2D eigenvalue weighted by Gasteiger charge is 2.19. The van der Waals surface area contributed by atoms with Crippen LogP contribution in [0.1, 0.15) is 42.1 Å². The highest BCUT2D eigenvalue weighted by molar-refractivity contribution is 5.41. The van der Waals surface area contributed by atoms with Gasteiger partial charge in [-0.3, -0.25) is 4.68 Å². The van der Waals surface area contributed by atoms with Gasteiger partial charge in [-0.2, -0.15) is 10.2 Å². The summed E-state index contributed by atoms with van der Waals surface area (Å²) in [4.78, 5) is 0. The number of nitrogens with zero attached hydrogens (tertiary/aromatic N) is 4. The Kier molecular flexibility index (Phi) is 4.28. The fraction of sp³-hybridized carbons (Fsp3) is 0.600. The van der Waals surface area contributed by atoms with Crippen LogP contribution in [-0.2, 0) is 20.0 Å². The summed E-state index contributed by atoms with van der Waals surface area (Å²) in [5, 5.41) is 12.7. The molecule has 0 aliphatic rings. The number of rotatable bonds is 5. The predicted molar refractivity (Wildman–Crippen MR) is 81.3 cm³/mol. The van der Waals surface area contributed by atoms with Crippen molar-refractivity contribution in [3.8, 4) is 5.82 Å². The van der Waals surface area contributed by atoms with E-state index in [9.17, 15) is 0 Å². The van der Waals surface area contributed by atoms with Crippen molar-refractivity contribution in [2.75, 3.05) is 6.54 Å². The molecule has 2 rings (SSSR count). The van der Waals surface area contributed by atoms with Crippen LogP contribution in [0.4, 0.5) is 0 Å². The lowest BCUT2D eigenvalue weighted by Gasteiger charge is -2.09. The van der Waals surface area contributed by atoms with Gasteiger partial charge in [0.15, 0.2) is 5.82 Å². The Labute approximate surface area is 121 Å². The second-order valence-corrected chi connectivity index (χ2v) is 5.21. The standard InChI is InChI=1S/C15H25N5/c1-7-13-10(3)18-20(12(13)5)15-14(9-16-8-2)11(4)17-19(15)6/h16H,7-9H2,1-6H3. The van der Waals surface area contributed by atoms with Gasteiger partial charge in [0.05, 0.1) is 11.4 Å². The van der Waals surface area contributed by atoms with E-state index in [2.05, 4.69) is 45.0 Å². The molecule has 0 bridgehead atoms. The third-order valence-corrected chi connectivity index (χ3v) is 3.86. The molecule has 2 heterocycles. The highest BCUT2D eigenvalue weighted by atomic mass is 15.4. The summed E-state index contributed by atoms with van der Waals surface area (Å²) in [7, 11) is 1.99. The van der Waals surface area contributed by atoms with E-state index >= 15 is 0 Å². The molecule has 20 heavy (non-hydrogen) atoms. The number of aryl methyl sites for hydroxylation is 3. The maximum Gasteiger partial charge on any atom is 0.156 e. The van der Waals surface area contributed by atoms with Gasteiger partial charge in [-0.15, -0.1) is 0 Å². The van der Waals surface area contributed by atoms with Crippen LogP contribution in [0, 0.1) is 20.8 Å². The average molecular weight is 275 g/mol. The molecule has 0 saturated carbocycles. The van der Waals surface area contributed by atoms with Gasteiger partial charge in [-0.05, 0) is 39.3 Å². The fourth-order valence-electron chi connectivity index (χ4n) is 2.80. The van der Waals surface area contributed by atoms with Gasteiger partial charge in [0.2, 0.25) is 0 Å². The SMILES string of the molecule is CCNCc1c(C)nn(C)c1-n1nc(C)c(CC)c1C. The van der Waals surface area contributed by atoms with Gasteiger partial charge in [0, 0.05) is 24.8 Å². The van der Waals surface area contributed by atoms with Crippen molar-refractivity contribution in [1.82, 2.24) is 24.9 Å². The molecule has 0 spiro atoms. The molecule has 1 N–H and O–H groups in total. The molecule has 0 aliphatic carbocycles. The van der Waals surface area contributed by atoms with E-state index in [0.29, 0.717) is 0 Å². The molecule has 0 amide bonds. The summed E-state index contributed by atoms with van der Waals surface area (Å²) >= 11 is 0. The van der Waals surface area contributed by atoms with Crippen molar-refractivity contribution in [1.29, 1.82) is 0 Å². The minimum atomic E-state index is 0.825. The first-order valence-corrected chi connectivity index (χ1v) is 7.29. The Balaban J connectivity index is 2.57. The molecule has 0 fully saturated rings. The number of aromatic nitrogens is 4. The van der Waals surface area contributed by atoms with E-state index in [1.807, 2.05) is 16.4 Å². The highest BCUT2D eigenvalue weighted by Crippen LogP contribution is 2.22. The molecule has 0 aliphatic heterocycles. The maximum absolute atomic E-state index is 4.72. The van der Waals surface area contributed by atoms with Gasteiger partial charge in [-0.25, -0.2) is 4.68 Å². The van der Waals surface area contributed by atoms with Crippen molar-refractivity contribution >= 4 is 0 Å². The van der Waals surface area contributed by atoms with Gasteiger partial charge < -0.3 is 5.32 Å². The van der Waals surface area contributed by atoms with E-state index in [1.165, 1.54) is 16.8 Å². The molecule has 0 aromatic carbocycles. The van der Waals surface area contributed by atoms with Gasteiger partial charge in [-0.1, -0.05) is 13.8 Å². The summed E-state index contributed by atoms with van der Waals surface area (Å²) in [6.45, 7) is 12.3. The van der Waals surface area contributed by atoms with E-state index in [1.54, 1.807) is 0 Å². The molecule has 0 atom stereocenters. The molecule has 0 saturated heterocycles. The van der Waals surface area contributed by atoms with Crippen LogP contribution >= 0.6 is 0 Å². The van der Waals surface area contributed by atoms with Crippen molar-refractivity contribution in [3.63, 3.8) is 0 Å². The van der Waals surface area contributed by atoms with E-state index in [-0.39, 0.29) is 0 Å². The smallest absolute Gasteiger partial charge is 0.156 e. The summed E-state index contributed by atoms with van der Waals surface area (Å²) < 4.78 is 3.97. The topological polar surface area (TPSA) is 47.7 Å². The summed E-state index contributed by atoms with van der Waals surface area (Å²) in [5.41, 5.74) is 5.94. The van der Waals surface area contributed by atoms with Crippen LogP contribution in [0.15, 0.2) is 0 Å². The average Bonchev–Trinajstić information content (AvgIpc) is 2.83. The molecular formula is C15H25N5. The molecule has 5 nitrogen and oxygen atoms in total. The molecule has 0 radical (unpaired) electrons. The van der Waals surface area contributed by atoms with E-state index in [0.717, 1.165) is 36.7 Å². The second-order valence-electron chi connectivity index (χ2n) is 5.21. The molecule has 5 heteroatoms. The number of hydrogen-bond donors (Lipinski definition) is 1. The first kappa shape index (κ1) is 14.8. The van der Waals surface area contributed by atoms with E-state index < -0.39 is 0 Å². The van der Waals surface area contributed by atoms with Crippen LogP contribution in [0.5, 0.6) is 0 Å². The van der Waals surface area contributed by atoms with Crippen LogP contribution < -0.4 is 5.32 Å². The molecule has 2 aromatic heterocycles. The maximum atomic E-state index is 4.72. The Morgan fingerprint density at radius 3 is 2.20 bits per heavy atom. The first-order chi connectivity index (χ1) is 9.51. The summed E-state index contributed by atoms with van der Waals surface area (Å²) in [5.74, 6) is 1.07.